The smallest absolute Gasteiger partial charge is 0.0681 e. The highest BCUT2D eigenvalue weighted by atomic mass is 16.2. The van der Waals surface area contributed by atoms with Crippen LogP contribution in [0.15, 0.2) is 17.2 Å². The summed E-state index contributed by atoms with van der Waals surface area (Å²) in [4.78, 5) is 0. The van der Waals surface area contributed by atoms with Gasteiger partial charge >= 0.3 is 0 Å². The minimum Gasteiger partial charge on any atom is -0.411 e. The molecular formula is C6H4O. The first kappa shape index (κ1) is 5.95. The average Bonchev–Trinajstić information content (AvgIpc) is 1.69. The topological polar surface area (TPSA) is 20.2 Å². The predicted octanol–water partition coefficient (Wildman–Crippen LogP) is 0.236. The Bertz CT molecular complexity index is 140. The van der Waals surface area contributed by atoms with E-state index in [0.717, 1.165) is 0 Å². The summed E-state index contributed by atoms with van der Waals surface area (Å²) in [7, 11) is 0. The summed E-state index contributed by atoms with van der Waals surface area (Å²) in [6, 6.07) is 0. The van der Waals surface area contributed by atoms with Crippen molar-refractivity contribution in [2.45, 2.75) is 0 Å². The highest BCUT2D eigenvalue weighted by molar-refractivity contribution is 4.76. The van der Waals surface area contributed by atoms with Crippen molar-refractivity contribution in [3.8, 4) is 0 Å². The Morgan fingerprint density at radius 3 is 2.86 bits per heavy atom. The maximum absolute atomic E-state index is 8.01. The van der Waals surface area contributed by atoms with E-state index in [1.807, 2.05) is 0 Å². The van der Waals surface area contributed by atoms with Gasteiger partial charge in [0, 0.05) is 0 Å². The third kappa shape index (κ3) is 4.95. The van der Waals surface area contributed by atoms with Crippen LogP contribution in [0.25, 0.3) is 0 Å². The molecule has 0 aromatic carbocycles. The van der Waals surface area contributed by atoms with E-state index < -0.39 is 0 Å². The molecule has 0 aliphatic carbocycles. The molecule has 1 N–H and O–H groups in total. The van der Waals surface area contributed by atoms with Crippen LogP contribution in [0, 0.1) is 12.7 Å². The Morgan fingerprint density at radius 1 is 1.71 bits per heavy atom. The van der Waals surface area contributed by atoms with Gasteiger partial charge in [0.05, 0.1) is 6.58 Å². The van der Waals surface area contributed by atoms with Gasteiger partial charge in [-0.15, -0.1) is 0 Å². The van der Waals surface area contributed by atoms with Gasteiger partial charge in [-0.05, 0) is 12.3 Å². The first-order chi connectivity index (χ1) is 3.41. The molecule has 1 heteroatoms. The lowest BCUT2D eigenvalue weighted by Crippen LogP contribution is -1.65. The molecule has 34 valence electrons. The largest absolute Gasteiger partial charge is 0.411 e. The third-order valence-electron chi connectivity index (χ3n) is 0.302. The lowest BCUT2D eigenvalue weighted by atomic mass is 10.6. The SMILES string of the molecule is [CH+]=C=C=C=[C-]CO. The number of aliphatic hydroxyl groups excluding tert-OH is 1. The van der Waals surface area contributed by atoms with Crippen LogP contribution in [0.2, 0.25) is 0 Å². The van der Waals surface area contributed by atoms with Crippen LogP contribution in [0.4, 0.5) is 0 Å². The van der Waals surface area contributed by atoms with E-state index in [0.29, 0.717) is 0 Å². The second kappa shape index (κ2) is 4.95. The zero-order valence-corrected chi connectivity index (χ0v) is 3.73. The molecule has 7 heavy (non-hydrogen) atoms. The van der Waals surface area contributed by atoms with E-state index in [1.54, 1.807) is 0 Å². The molecule has 0 bridgehead atoms. The highest BCUT2D eigenvalue weighted by Gasteiger charge is 1.40. The van der Waals surface area contributed by atoms with Crippen LogP contribution in [0.1, 0.15) is 0 Å². The minimum absolute atomic E-state index is 0.158. The summed E-state index contributed by atoms with van der Waals surface area (Å²) in [5.74, 6) is 0. The molecule has 1 nitrogen and oxygen atoms in total. The molecule has 0 unspecified atom stereocenters. The zero-order valence-electron chi connectivity index (χ0n) is 3.73. The van der Waals surface area contributed by atoms with Crippen molar-refractivity contribution in [1.29, 1.82) is 0 Å². The summed E-state index contributed by atoms with van der Waals surface area (Å²) in [5, 5.41) is 8.01. The van der Waals surface area contributed by atoms with Gasteiger partial charge < -0.3 is 5.11 Å². The lowest BCUT2D eigenvalue weighted by molar-refractivity contribution is 0.337. The quantitative estimate of drug-likeness (QED) is 0.363. The summed E-state index contributed by atoms with van der Waals surface area (Å²) >= 11 is 0. The maximum atomic E-state index is 8.01. The Morgan fingerprint density at radius 2 is 2.43 bits per heavy atom. The van der Waals surface area contributed by atoms with Crippen LogP contribution in [-0.2, 0) is 0 Å². The van der Waals surface area contributed by atoms with Crippen LogP contribution in [0.5, 0.6) is 0 Å². The van der Waals surface area contributed by atoms with Gasteiger partial charge in [0.2, 0.25) is 0 Å². The average molecular weight is 92.1 g/mol. The van der Waals surface area contributed by atoms with Crippen LogP contribution < -0.4 is 0 Å². The van der Waals surface area contributed by atoms with Crippen molar-refractivity contribution in [1.82, 2.24) is 0 Å². The predicted molar refractivity (Wildman–Crippen MR) is 25.2 cm³/mol. The summed E-state index contributed by atoms with van der Waals surface area (Å²) < 4.78 is 0. The summed E-state index contributed by atoms with van der Waals surface area (Å²) in [6.07, 6.45) is 2.30. The van der Waals surface area contributed by atoms with Crippen molar-refractivity contribution in [3.05, 3.63) is 29.8 Å². The molecule has 0 amide bonds. The van der Waals surface area contributed by atoms with Gasteiger partial charge in [-0.1, -0.05) is 0 Å². The first-order valence-corrected chi connectivity index (χ1v) is 1.71. The van der Waals surface area contributed by atoms with Crippen molar-refractivity contribution in [3.63, 3.8) is 0 Å². The van der Waals surface area contributed by atoms with E-state index in [1.165, 1.54) is 0 Å². The van der Waals surface area contributed by atoms with Crippen LogP contribution >= 0.6 is 0 Å². The molecule has 0 aromatic rings. The summed E-state index contributed by atoms with van der Waals surface area (Å²) in [5.41, 5.74) is 6.62. The molecule has 0 heterocycles. The molecule has 0 atom stereocenters. The normalized spacial score (nSPS) is 5.14. The molecule has 0 aliphatic rings. The Kier molecular flexibility index (Phi) is 4.21. The number of hydrogen-bond donors (Lipinski definition) is 1. The molecule has 0 radical (unpaired) electrons. The molecule has 0 fully saturated rings. The van der Waals surface area contributed by atoms with Gasteiger partial charge in [0.25, 0.3) is 0 Å². The van der Waals surface area contributed by atoms with E-state index in [-0.39, 0.29) is 6.61 Å². The van der Waals surface area contributed by atoms with Gasteiger partial charge in [-0.2, -0.15) is 6.08 Å². The van der Waals surface area contributed by atoms with Gasteiger partial charge in [-0.25, -0.2) is 5.73 Å². The lowest BCUT2D eigenvalue weighted by Gasteiger charge is -1.73. The van der Waals surface area contributed by atoms with E-state index in [4.69, 9.17) is 11.7 Å². The van der Waals surface area contributed by atoms with Gasteiger partial charge in [0.1, 0.15) is 0 Å². The number of hydrogen-bond acceptors (Lipinski definition) is 1. The van der Waals surface area contributed by atoms with Crippen LogP contribution in [0.3, 0.4) is 0 Å². The summed E-state index contributed by atoms with van der Waals surface area (Å²) in [6.45, 7) is 4.57. The van der Waals surface area contributed by atoms with E-state index >= 15 is 0 Å². The molecule has 0 rings (SSSR count). The van der Waals surface area contributed by atoms with Crippen molar-refractivity contribution in [2.24, 2.45) is 0 Å². The zero-order chi connectivity index (χ0) is 5.54. The van der Waals surface area contributed by atoms with Crippen molar-refractivity contribution < 1.29 is 5.11 Å². The maximum Gasteiger partial charge on any atom is 0.0681 e. The van der Waals surface area contributed by atoms with Crippen molar-refractivity contribution >= 4 is 0 Å². The second-order valence-corrected chi connectivity index (χ2v) is 0.729. The van der Waals surface area contributed by atoms with Crippen molar-refractivity contribution in [2.75, 3.05) is 6.61 Å². The fraction of sp³-hybridized carbons (Fsp3) is 0.167. The third-order valence-corrected chi connectivity index (χ3v) is 0.302. The second-order valence-electron chi connectivity index (χ2n) is 0.729. The minimum atomic E-state index is -0.158. The fourth-order valence-electron chi connectivity index (χ4n) is 0.120. The molecular weight excluding hydrogens is 88.1 g/mol. The molecule has 0 spiro atoms. The molecule has 0 aromatic heterocycles. The fourth-order valence-corrected chi connectivity index (χ4v) is 0.120. The van der Waals surface area contributed by atoms with Gasteiger partial charge in [0.15, 0.2) is 0 Å². The first-order valence-electron chi connectivity index (χ1n) is 1.71. The Balaban J connectivity index is 3.89. The van der Waals surface area contributed by atoms with Crippen LogP contribution in [-0.4, -0.2) is 11.7 Å². The monoisotopic (exact) mass is 92.0 g/mol. The molecule has 0 saturated heterocycles. The molecule has 0 aliphatic heterocycles. The standard InChI is InChI=1S/C6H4O/c1-2-3-4-5-6-7/h1,7H,6H2. The Labute approximate surface area is 42.6 Å². The Hall–Kier alpha value is -1.05. The highest BCUT2D eigenvalue weighted by Crippen LogP contribution is 1.54. The number of rotatable bonds is 1. The van der Waals surface area contributed by atoms with E-state index in [2.05, 4.69) is 23.3 Å². The molecule has 0 saturated carbocycles. The van der Waals surface area contributed by atoms with Gasteiger partial charge in [-0.3, -0.25) is 5.73 Å². The van der Waals surface area contributed by atoms with E-state index in [9.17, 15) is 0 Å². The number of aliphatic hydroxyl groups is 1.